The molecule has 1 aliphatic heterocycles. The molecule has 1 unspecified atom stereocenters. The fourth-order valence-corrected chi connectivity index (χ4v) is 5.89. The molecule has 8 heteroatoms. The summed E-state index contributed by atoms with van der Waals surface area (Å²) in [6.45, 7) is 4.95. The Morgan fingerprint density at radius 2 is 1.97 bits per heavy atom. The summed E-state index contributed by atoms with van der Waals surface area (Å²) in [6, 6.07) is 2.16. The lowest BCUT2D eigenvalue weighted by molar-refractivity contribution is -0.141. The van der Waals surface area contributed by atoms with Crippen molar-refractivity contribution < 1.29 is 28.1 Å². The average molecular weight is 489 g/mol. The molecule has 3 aliphatic rings. The first-order chi connectivity index (χ1) is 16.6. The van der Waals surface area contributed by atoms with Crippen molar-refractivity contribution >= 4 is 5.57 Å². The molecule has 1 saturated carbocycles. The lowest BCUT2D eigenvalue weighted by Gasteiger charge is -2.47. The van der Waals surface area contributed by atoms with Crippen LogP contribution in [-0.2, 0) is 17.3 Å². The quantitative estimate of drug-likeness (QED) is 0.581. The first-order valence-electron chi connectivity index (χ1n) is 12.3. The van der Waals surface area contributed by atoms with Gasteiger partial charge in [0.05, 0.1) is 19.3 Å². The molecule has 2 N–H and O–H groups in total. The van der Waals surface area contributed by atoms with Crippen LogP contribution in [0.3, 0.4) is 0 Å². The molecule has 2 aromatic heterocycles. The van der Waals surface area contributed by atoms with Crippen LogP contribution in [0.5, 0.6) is 0 Å². The number of aliphatic hydroxyl groups is 2. The van der Waals surface area contributed by atoms with Crippen molar-refractivity contribution in [2.45, 2.75) is 76.7 Å². The maximum atomic E-state index is 13.1. The maximum absolute atomic E-state index is 13.1. The van der Waals surface area contributed by atoms with Gasteiger partial charge >= 0.3 is 6.18 Å². The number of aromatic nitrogens is 2. The Bertz CT molecular complexity index is 1140. The van der Waals surface area contributed by atoms with Gasteiger partial charge < -0.3 is 14.9 Å². The number of hydrogen-bond acceptors (Lipinski definition) is 5. The van der Waals surface area contributed by atoms with Crippen LogP contribution in [0, 0.1) is 5.41 Å². The zero-order chi connectivity index (χ0) is 25.0. The molecule has 0 aromatic carbocycles. The van der Waals surface area contributed by atoms with E-state index in [-0.39, 0.29) is 16.9 Å². The van der Waals surface area contributed by atoms with Crippen molar-refractivity contribution in [3.63, 3.8) is 0 Å². The molecule has 2 aliphatic carbocycles. The standard InChI is InChI=1S/C27H31F3N2O3/c1-15(2)24-23(25(34)17-4-5-20(31-14-17)27(28,29)30)21(16-6-10-35-11-7-16)22-18(32-24)12-26(8-3-9-26)13-19(22)33/h4-6,14-15,19,25,33-34H,3,7-13H2,1-2H3/t19?,25-/m1/s1. The Morgan fingerprint density at radius 1 is 1.20 bits per heavy atom. The normalized spacial score (nSPS) is 22.5. The van der Waals surface area contributed by atoms with Crippen molar-refractivity contribution in [1.82, 2.24) is 9.97 Å². The molecule has 0 saturated heterocycles. The number of rotatable bonds is 4. The molecule has 35 heavy (non-hydrogen) atoms. The largest absolute Gasteiger partial charge is 0.433 e. The topological polar surface area (TPSA) is 75.5 Å². The average Bonchev–Trinajstić information content (AvgIpc) is 2.81. The van der Waals surface area contributed by atoms with E-state index in [9.17, 15) is 23.4 Å². The predicted molar refractivity (Wildman–Crippen MR) is 125 cm³/mol. The monoisotopic (exact) mass is 488 g/mol. The zero-order valence-electron chi connectivity index (χ0n) is 20.0. The molecule has 0 bridgehead atoms. The minimum atomic E-state index is -4.56. The highest BCUT2D eigenvalue weighted by Gasteiger charge is 2.45. The molecule has 3 heterocycles. The van der Waals surface area contributed by atoms with Crippen LogP contribution in [0.1, 0.15) is 103 Å². The van der Waals surface area contributed by atoms with Gasteiger partial charge in [-0.15, -0.1) is 0 Å². The summed E-state index contributed by atoms with van der Waals surface area (Å²) >= 11 is 0. The lowest BCUT2D eigenvalue weighted by Crippen LogP contribution is -2.38. The van der Waals surface area contributed by atoms with Gasteiger partial charge in [-0.25, -0.2) is 0 Å². The third-order valence-electron chi connectivity index (χ3n) is 7.79. The first kappa shape index (κ1) is 24.4. The van der Waals surface area contributed by atoms with Gasteiger partial charge in [0, 0.05) is 34.3 Å². The molecule has 5 nitrogen and oxygen atoms in total. The molecular formula is C27H31F3N2O3. The molecular weight excluding hydrogens is 457 g/mol. The van der Waals surface area contributed by atoms with E-state index in [1.165, 1.54) is 6.07 Å². The molecule has 5 rings (SSSR count). The van der Waals surface area contributed by atoms with E-state index in [1.807, 2.05) is 19.9 Å². The van der Waals surface area contributed by atoms with E-state index >= 15 is 0 Å². The third-order valence-corrected chi connectivity index (χ3v) is 7.79. The van der Waals surface area contributed by atoms with Crippen LogP contribution in [0.2, 0.25) is 0 Å². The Morgan fingerprint density at radius 3 is 2.51 bits per heavy atom. The van der Waals surface area contributed by atoms with E-state index in [4.69, 9.17) is 9.72 Å². The van der Waals surface area contributed by atoms with Gasteiger partial charge in [-0.05, 0) is 60.6 Å². The Balaban J connectivity index is 1.70. The van der Waals surface area contributed by atoms with Crippen LogP contribution in [0.25, 0.3) is 5.57 Å². The van der Waals surface area contributed by atoms with Crippen LogP contribution in [0.15, 0.2) is 24.4 Å². The van der Waals surface area contributed by atoms with Gasteiger partial charge in [0.15, 0.2) is 0 Å². The number of nitrogens with zero attached hydrogens (tertiary/aromatic N) is 2. The van der Waals surface area contributed by atoms with E-state index in [1.54, 1.807) is 0 Å². The Kier molecular flexibility index (Phi) is 6.26. The third kappa shape index (κ3) is 4.41. The molecule has 1 fully saturated rings. The summed E-state index contributed by atoms with van der Waals surface area (Å²) < 4.78 is 44.7. The van der Waals surface area contributed by atoms with Gasteiger partial charge in [-0.3, -0.25) is 9.97 Å². The Labute approximate surface area is 203 Å². The second kappa shape index (κ2) is 8.98. The summed E-state index contributed by atoms with van der Waals surface area (Å²) in [5.41, 5.74) is 4.02. The van der Waals surface area contributed by atoms with Crippen molar-refractivity contribution in [1.29, 1.82) is 0 Å². The minimum absolute atomic E-state index is 0.0389. The van der Waals surface area contributed by atoms with Crippen molar-refractivity contribution in [2.75, 3.05) is 13.2 Å². The van der Waals surface area contributed by atoms with Crippen LogP contribution in [-0.4, -0.2) is 33.4 Å². The molecule has 0 amide bonds. The number of hydrogen-bond donors (Lipinski definition) is 2. The summed E-state index contributed by atoms with van der Waals surface area (Å²) in [7, 11) is 0. The fourth-order valence-electron chi connectivity index (χ4n) is 5.89. The number of fused-ring (bicyclic) bond motifs is 1. The number of pyridine rings is 2. The minimum Gasteiger partial charge on any atom is -0.388 e. The fraction of sp³-hybridized carbons (Fsp3) is 0.556. The van der Waals surface area contributed by atoms with E-state index < -0.39 is 24.1 Å². The zero-order valence-corrected chi connectivity index (χ0v) is 20.0. The Hall–Kier alpha value is -2.29. The van der Waals surface area contributed by atoms with Crippen LogP contribution >= 0.6 is 0 Å². The smallest absolute Gasteiger partial charge is 0.388 e. The predicted octanol–water partition coefficient (Wildman–Crippen LogP) is 5.65. The van der Waals surface area contributed by atoms with Gasteiger partial charge in [-0.1, -0.05) is 32.4 Å². The summed E-state index contributed by atoms with van der Waals surface area (Å²) in [6.07, 6.45) is 1.97. The summed E-state index contributed by atoms with van der Waals surface area (Å²) in [5.74, 6) is -0.0389. The lowest BCUT2D eigenvalue weighted by atomic mass is 9.59. The molecule has 2 aromatic rings. The number of ether oxygens (including phenoxy) is 1. The molecule has 1 spiro atoms. The van der Waals surface area contributed by atoms with Gasteiger partial charge in [-0.2, -0.15) is 13.2 Å². The molecule has 2 atom stereocenters. The second-order valence-electron chi connectivity index (χ2n) is 10.5. The van der Waals surface area contributed by atoms with E-state index in [0.717, 1.165) is 60.3 Å². The van der Waals surface area contributed by atoms with Crippen molar-refractivity contribution in [3.05, 3.63) is 63.7 Å². The summed E-state index contributed by atoms with van der Waals surface area (Å²) in [4.78, 5) is 8.58. The van der Waals surface area contributed by atoms with Gasteiger partial charge in [0.25, 0.3) is 0 Å². The highest BCUT2D eigenvalue weighted by molar-refractivity contribution is 5.74. The second-order valence-corrected chi connectivity index (χ2v) is 10.5. The van der Waals surface area contributed by atoms with Crippen LogP contribution < -0.4 is 0 Å². The number of alkyl halides is 3. The SMILES string of the molecule is CC(C)c1nc2c(c(C3=CCOCC3)c1[C@H](O)c1ccc(C(F)(F)F)nc1)C(O)CC1(CCC1)C2. The van der Waals surface area contributed by atoms with Gasteiger partial charge in [0.2, 0.25) is 0 Å². The highest BCUT2D eigenvalue weighted by atomic mass is 19.4. The van der Waals surface area contributed by atoms with E-state index in [0.29, 0.717) is 37.3 Å². The number of aliphatic hydroxyl groups excluding tert-OH is 2. The van der Waals surface area contributed by atoms with Gasteiger partial charge in [0.1, 0.15) is 11.8 Å². The highest BCUT2D eigenvalue weighted by Crippen LogP contribution is 2.55. The molecule has 188 valence electrons. The van der Waals surface area contributed by atoms with Crippen molar-refractivity contribution in [3.8, 4) is 0 Å². The maximum Gasteiger partial charge on any atom is 0.433 e. The van der Waals surface area contributed by atoms with Crippen molar-refractivity contribution in [2.24, 2.45) is 5.41 Å². The first-order valence-corrected chi connectivity index (χ1v) is 12.3. The van der Waals surface area contributed by atoms with E-state index in [2.05, 4.69) is 4.98 Å². The van der Waals surface area contributed by atoms with Crippen LogP contribution in [0.4, 0.5) is 13.2 Å². The number of halogens is 3. The molecule has 0 radical (unpaired) electrons. The summed E-state index contributed by atoms with van der Waals surface area (Å²) in [5, 5.41) is 23.0.